The van der Waals surface area contributed by atoms with Crippen LogP contribution in [0.5, 0.6) is 0 Å². The van der Waals surface area contributed by atoms with Crippen molar-refractivity contribution in [1.82, 2.24) is 31.9 Å². The van der Waals surface area contributed by atoms with Crippen LogP contribution in [-0.2, 0) is 33.6 Å². The fourth-order valence-corrected chi connectivity index (χ4v) is 5.49. The number of carboxylic acids is 1. The van der Waals surface area contributed by atoms with Crippen LogP contribution in [0.25, 0.3) is 0 Å². The number of carbonyl (C=O) groups excluding carboxylic acids is 6. The van der Waals surface area contributed by atoms with Crippen LogP contribution in [-0.4, -0.2) is 155 Å². The van der Waals surface area contributed by atoms with Crippen molar-refractivity contribution in [1.29, 1.82) is 0 Å². The Balaban J connectivity index is 6.22. The van der Waals surface area contributed by atoms with E-state index in [1.165, 1.54) is 25.6 Å². The first-order chi connectivity index (χ1) is 27.2. The number of aliphatic carboxylic acids is 1. The highest BCUT2D eigenvalue weighted by Gasteiger charge is 2.34. The first-order valence-electron chi connectivity index (χ1n) is 18.7. The minimum atomic E-state index is -1.64. The number of thioether (sulfide) groups is 1. The largest absolute Gasteiger partial charge is 0.480 e. The average Bonchev–Trinajstić information content (AvgIpc) is 3.15. The van der Waals surface area contributed by atoms with Crippen LogP contribution in [0.4, 0.5) is 0 Å². The molecular formula is C33H64N14O10S. The average molecular weight is 849 g/mol. The zero-order valence-corrected chi connectivity index (χ0v) is 34.1. The number of aliphatic hydroxyl groups is 2. The molecule has 6 amide bonds. The van der Waals surface area contributed by atoms with Crippen molar-refractivity contribution in [2.45, 2.75) is 114 Å². The molecule has 0 unspecified atom stereocenters. The van der Waals surface area contributed by atoms with Crippen molar-refractivity contribution in [2.75, 3.05) is 38.2 Å². The molecule has 58 heavy (non-hydrogen) atoms. The summed E-state index contributed by atoms with van der Waals surface area (Å²) < 4.78 is 0. The van der Waals surface area contributed by atoms with E-state index in [2.05, 4.69) is 41.9 Å². The Morgan fingerprint density at radius 2 is 1.09 bits per heavy atom. The van der Waals surface area contributed by atoms with Gasteiger partial charge in [0.05, 0.1) is 18.8 Å². The van der Waals surface area contributed by atoms with Gasteiger partial charge in [0, 0.05) is 13.1 Å². The van der Waals surface area contributed by atoms with Crippen LogP contribution in [0.1, 0.15) is 65.2 Å². The Morgan fingerprint density at radius 1 is 0.621 bits per heavy atom. The minimum Gasteiger partial charge on any atom is -0.480 e. The molecule has 0 aromatic rings. The van der Waals surface area contributed by atoms with E-state index in [9.17, 15) is 48.9 Å². The van der Waals surface area contributed by atoms with Crippen LogP contribution >= 0.6 is 11.8 Å². The molecule has 332 valence electrons. The number of rotatable bonds is 30. The number of aliphatic imine (C=N–C) groups is 2. The van der Waals surface area contributed by atoms with E-state index in [1.807, 2.05) is 0 Å². The summed E-state index contributed by atoms with van der Waals surface area (Å²) >= 11 is 1.34. The van der Waals surface area contributed by atoms with Crippen molar-refractivity contribution >= 4 is 65.1 Å². The molecule has 24 nitrogen and oxygen atoms in total. The molecule has 0 radical (unpaired) electrons. The van der Waals surface area contributed by atoms with Gasteiger partial charge in [-0.15, -0.1) is 0 Å². The van der Waals surface area contributed by atoms with Crippen molar-refractivity contribution in [2.24, 2.45) is 44.4 Å². The molecule has 8 atom stereocenters. The van der Waals surface area contributed by atoms with Gasteiger partial charge in [0.15, 0.2) is 11.9 Å². The summed E-state index contributed by atoms with van der Waals surface area (Å²) in [7, 11) is 0. The molecule has 0 spiro atoms. The van der Waals surface area contributed by atoms with Crippen LogP contribution in [0, 0.1) is 0 Å². The van der Waals surface area contributed by atoms with Crippen molar-refractivity contribution in [3.63, 3.8) is 0 Å². The molecule has 0 saturated heterocycles. The van der Waals surface area contributed by atoms with Gasteiger partial charge in [-0.1, -0.05) is 0 Å². The van der Waals surface area contributed by atoms with Crippen LogP contribution in [0.2, 0.25) is 0 Å². The number of nitrogens with one attached hydrogen (secondary N) is 6. The first kappa shape index (κ1) is 53.0. The van der Waals surface area contributed by atoms with E-state index < -0.39 is 96.4 Å². The molecule has 0 aromatic heterocycles. The summed E-state index contributed by atoms with van der Waals surface area (Å²) in [5, 5.41) is 44.3. The molecule has 25 heteroatoms. The van der Waals surface area contributed by atoms with Crippen LogP contribution in [0.15, 0.2) is 9.98 Å². The Kier molecular flexibility index (Phi) is 26.8. The number of guanidine groups is 2. The second kappa shape index (κ2) is 29.3. The number of unbranched alkanes of at least 4 members (excludes halogenated alkanes) is 1. The summed E-state index contributed by atoms with van der Waals surface area (Å²) in [6, 6.07) is -8.16. The third-order valence-electron chi connectivity index (χ3n) is 8.29. The van der Waals surface area contributed by atoms with Gasteiger partial charge in [0.2, 0.25) is 35.4 Å². The normalized spacial score (nSPS) is 15.0. The maximum absolute atomic E-state index is 13.8. The standard InChI is InChI=1S/C33H64N14O10S/c1-17(48)24(35)29(54)42-16-23(50)43-19(8-4-5-12-34)26(51)44-20(9-6-13-40-32(36)37)27(52)45-21(11-15-58-3)28(53)47-25(18(2)49)30(55)46-22(31(56)57)10-7-14-41-33(38)39/h17-22,24-25,48-49H,4-16,34-35H2,1-3H3,(H,42,54)(H,43,50)(H,44,51)(H,45,52)(H,46,55)(H,47,53)(H,56,57)(H4,36,37,40)(H4,38,39,41)/t17-,18-,19+,20+,21+,22+,24+,25+/m1/s1. The highest BCUT2D eigenvalue weighted by Crippen LogP contribution is 2.09. The number of carbonyl (C=O) groups is 7. The van der Waals surface area contributed by atoms with E-state index in [-0.39, 0.29) is 63.5 Å². The number of carboxylic acid groups (broad SMARTS) is 1. The molecule has 0 bridgehead atoms. The van der Waals surface area contributed by atoms with E-state index in [0.29, 0.717) is 25.1 Å². The summed E-state index contributed by atoms with van der Waals surface area (Å²) in [6.07, 6.45) is 0.334. The van der Waals surface area contributed by atoms with Gasteiger partial charge in [-0.05, 0) is 83.8 Å². The van der Waals surface area contributed by atoms with Crippen LogP contribution in [0.3, 0.4) is 0 Å². The molecule has 0 aliphatic heterocycles. The SMILES string of the molecule is CSCC[C@H](NC(=O)[C@H](CCCN=C(N)N)NC(=O)[C@H](CCCCN)NC(=O)CNC(=O)[C@@H](N)[C@@H](C)O)C(=O)N[C@H](C(=O)N[C@@H](CCCN=C(N)N)C(=O)O)[C@@H](C)O. The zero-order chi connectivity index (χ0) is 44.4. The predicted molar refractivity (Wildman–Crippen MR) is 217 cm³/mol. The number of aliphatic hydroxyl groups excluding tert-OH is 2. The Morgan fingerprint density at radius 3 is 1.55 bits per heavy atom. The molecule has 0 rings (SSSR count). The van der Waals surface area contributed by atoms with Gasteiger partial charge in [0.25, 0.3) is 0 Å². The van der Waals surface area contributed by atoms with Gasteiger partial charge in [0.1, 0.15) is 36.3 Å². The van der Waals surface area contributed by atoms with Gasteiger partial charge >= 0.3 is 5.97 Å². The second-order valence-electron chi connectivity index (χ2n) is 13.3. The third kappa shape index (κ3) is 22.7. The molecular weight excluding hydrogens is 785 g/mol. The molecule has 0 heterocycles. The second-order valence-corrected chi connectivity index (χ2v) is 14.3. The number of hydrogen-bond donors (Lipinski definition) is 15. The number of nitrogens with two attached hydrogens (primary N) is 6. The number of hydrogen-bond acceptors (Lipinski definition) is 14. The van der Waals surface area contributed by atoms with Crippen molar-refractivity contribution in [3.05, 3.63) is 0 Å². The third-order valence-corrected chi connectivity index (χ3v) is 8.93. The lowest BCUT2D eigenvalue weighted by Gasteiger charge is -2.28. The van der Waals surface area contributed by atoms with Gasteiger partial charge in [-0.3, -0.25) is 38.8 Å². The lowest BCUT2D eigenvalue weighted by atomic mass is 10.0. The maximum Gasteiger partial charge on any atom is 0.326 e. The molecule has 0 aliphatic carbocycles. The summed E-state index contributed by atoms with van der Waals surface area (Å²) in [4.78, 5) is 98.7. The lowest BCUT2D eigenvalue weighted by molar-refractivity contribution is -0.143. The minimum absolute atomic E-state index is 0.0340. The van der Waals surface area contributed by atoms with Gasteiger partial charge < -0.3 is 81.6 Å². The molecule has 21 N–H and O–H groups in total. The Hall–Kier alpha value is -4.98. The fourth-order valence-electron chi connectivity index (χ4n) is 5.01. The zero-order valence-electron chi connectivity index (χ0n) is 33.3. The Labute approximate surface area is 341 Å². The molecule has 0 fully saturated rings. The Bertz CT molecular complexity index is 1400. The van der Waals surface area contributed by atoms with Crippen molar-refractivity contribution < 1.29 is 48.9 Å². The van der Waals surface area contributed by atoms with Gasteiger partial charge in [-0.25, -0.2) is 4.79 Å². The van der Waals surface area contributed by atoms with E-state index in [4.69, 9.17) is 34.4 Å². The fraction of sp³-hybridized carbons (Fsp3) is 0.727. The van der Waals surface area contributed by atoms with E-state index >= 15 is 0 Å². The topological polar surface area (TPSA) is 433 Å². The predicted octanol–water partition coefficient (Wildman–Crippen LogP) is -6.31. The molecule has 0 aromatic carbocycles. The lowest BCUT2D eigenvalue weighted by Crippen LogP contribution is -2.60. The monoisotopic (exact) mass is 848 g/mol. The first-order valence-corrected chi connectivity index (χ1v) is 20.1. The van der Waals surface area contributed by atoms with E-state index in [0.717, 1.165) is 0 Å². The number of amides is 6. The van der Waals surface area contributed by atoms with Crippen LogP contribution < -0.4 is 66.3 Å². The highest BCUT2D eigenvalue weighted by molar-refractivity contribution is 7.98. The van der Waals surface area contributed by atoms with Crippen molar-refractivity contribution in [3.8, 4) is 0 Å². The molecule has 0 aliphatic rings. The van der Waals surface area contributed by atoms with Gasteiger partial charge in [-0.2, -0.15) is 11.8 Å². The quantitative estimate of drug-likeness (QED) is 0.0182. The smallest absolute Gasteiger partial charge is 0.326 e. The molecule has 0 saturated carbocycles. The summed E-state index contributed by atoms with van der Waals surface area (Å²) in [5.74, 6) is -6.50. The van der Waals surface area contributed by atoms with E-state index in [1.54, 1.807) is 6.26 Å². The summed E-state index contributed by atoms with van der Waals surface area (Å²) in [6.45, 7) is 2.39. The summed E-state index contributed by atoms with van der Waals surface area (Å²) in [5.41, 5.74) is 32.6. The highest BCUT2D eigenvalue weighted by atomic mass is 32.2. The number of nitrogens with zero attached hydrogens (tertiary/aromatic N) is 2. The maximum atomic E-state index is 13.8.